The fraction of sp³-hybridized carbons (Fsp3) is 0.250. The van der Waals surface area contributed by atoms with E-state index < -0.39 is 0 Å². The van der Waals surface area contributed by atoms with Gasteiger partial charge < -0.3 is 10.3 Å². The molecule has 24 heavy (non-hydrogen) atoms. The Morgan fingerprint density at radius 1 is 1.17 bits per heavy atom. The topological polar surface area (TPSA) is 44.9 Å². The fourth-order valence-electron chi connectivity index (χ4n) is 3.37. The second-order valence-corrected chi connectivity index (χ2v) is 6.61. The van der Waals surface area contributed by atoms with Crippen LogP contribution in [-0.2, 0) is 16.6 Å². The van der Waals surface area contributed by atoms with E-state index in [2.05, 4.69) is 28.6 Å². The van der Waals surface area contributed by atoms with Gasteiger partial charge in [-0.15, -0.1) is 0 Å². The number of halogens is 1. The summed E-state index contributed by atoms with van der Waals surface area (Å²) in [7, 11) is 0. The van der Waals surface area contributed by atoms with E-state index in [9.17, 15) is 9.18 Å². The van der Waals surface area contributed by atoms with Gasteiger partial charge in [0, 0.05) is 29.1 Å². The molecule has 1 saturated carbocycles. The van der Waals surface area contributed by atoms with E-state index >= 15 is 0 Å². The standard InChI is InChI=1S/C20H19FN2O/c21-15-5-3-4-14(10-15)11-19(24)23-13-20(8-9-20)17-12-22-18-7-2-1-6-16(17)18/h1-7,10,12,22H,8-9,11,13H2,(H,23,24). The summed E-state index contributed by atoms with van der Waals surface area (Å²) in [5.41, 5.74) is 3.15. The second kappa shape index (κ2) is 5.78. The Morgan fingerprint density at radius 3 is 2.79 bits per heavy atom. The summed E-state index contributed by atoms with van der Waals surface area (Å²) in [4.78, 5) is 15.5. The maximum absolute atomic E-state index is 13.2. The highest BCUT2D eigenvalue weighted by Crippen LogP contribution is 2.49. The molecule has 3 nitrogen and oxygen atoms in total. The molecule has 0 atom stereocenters. The number of para-hydroxylation sites is 1. The molecule has 1 aliphatic rings. The van der Waals surface area contributed by atoms with Gasteiger partial charge in [0.05, 0.1) is 6.42 Å². The number of H-pyrrole nitrogens is 1. The molecule has 1 aliphatic carbocycles. The average molecular weight is 322 g/mol. The van der Waals surface area contributed by atoms with Crippen molar-refractivity contribution in [3.63, 3.8) is 0 Å². The Hall–Kier alpha value is -2.62. The van der Waals surface area contributed by atoms with Crippen LogP contribution in [0.3, 0.4) is 0 Å². The van der Waals surface area contributed by atoms with Crippen LogP contribution in [0.2, 0.25) is 0 Å². The number of fused-ring (bicyclic) bond motifs is 1. The average Bonchev–Trinajstić information content (AvgIpc) is 3.24. The first-order valence-corrected chi connectivity index (χ1v) is 8.24. The van der Waals surface area contributed by atoms with Crippen molar-refractivity contribution < 1.29 is 9.18 Å². The van der Waals surface area contributed by atoms with Gasteiger partial charge in [-0.3, -0.25) is 4.79 Å². The first-order valence-electron chi connectivity index (χ1n) is 8.24. The third-order valence-electron chi connectivity index (χ3n) is 4.89. The highest BCUT2D eigenvalue weighted by Gasteiger charge is 2.45. The predicted octanol–water partition coefficient (Wildman–Crippen LogP) is 3.70. The van der Waals surface area contributed by atoms with Crippen molar-refractivity contribution in [3.8, 4) is 0 Å². The largest absolute Gasteiger partial charge is 0.361 e. The summed E-state index contributed by atoms with van der Waals surface area (Å²) in [5.74, 6) is -0.371. The molecule has 2 aromatic carbocycles. The molecular weight excluding hydrogens is 303 g/mol. The Labute approximate surface area is 139 Å². The number of carbonyl (C=O) groups excluding carboxylic acids is 1. The van der Waals surface area contributed by atoms with Gasteiger partial charge in [0.25, 0.3) is 0 Å². The van der Waals surface area contributed by atoms with Gasteiger partial charge in [0.15, 0.2) is 0 Å². The van der Waals surface area contributed by atoms with Crippen LogP contribution in [-0.4, -0.2) is 17.4 Å². The molecule has 4 rings (SSSR count). The summed E-state index contributed by atoms with van der Waals surface area (Å²) in [6.45, 7) is 0.628. The SMILES string of the molecule is O=C(Cc1cccc(F)c1)NCC1(c2c[nH]c3ccccc23)CC1. The van der Waals surface area contributed by atoms with Crippen molar-refractivity contribution in [3.05, 3.63) is 71.7 Å². The molecule has 0 saturated heterocycles. The van der Waals surface area contributed by atoms with Gasteiger partial charge in [0.1, 0.15) is 5.82 Å². The second-order valence-electron chi connectivity index (χ2n) is 6.61. The number of aromatic amines is 1. The van der Waals surface area contributed by atoms with Crippen LogP contribution in [0.25, 0.3) is 10.9 Å². The smallest absolute Gasteiger partial charge is 0.224 e. The third-order valence-corrected chi connectivity index (χ3v) is 4.89. The Morgan fingerprint density at radius 2 is 2.00 bits per heavy atom. The maximum Gasteiger partial charge on any atom is 0.224 e. The maximum atomic E-state index is 13.2. The molecule has 3 aromatic rings. The van der Waals surface area contributed by atoms with Crippen LogP contribution in [0, 0.1) is 5.82 Å². The van der Waals surface area contributed by atoms with Crippen molar-refractivity contribution in [1.29, 1.82) is 0 Å². The minimum atomic E-state index is -0.308. The molecule has 1 aromatic heterocycles. The zero-order chi connectivity index (χ0) is 16.6. The van der Waals surface area contributed by atoms with E-state index in [1.54, 1.807) is 12.1 Å². The molecule has 2 N–H and O–H groups in total. The highest BCUT2D eigenvalue weighted by atomic mass is 19.1. The third kappa shape index (κ3) is 2.80. The number of nitrogens with one attached hydrogen (secondary N) is 2. The van der Waals surface area contributed by atoms with Gasteiger partial charge in [-0.1, -0.05) is 30.3 Å². The Balaban J connectivity index is 1.44. The van der Waals surface area contributed by atoms with Gasteiger partial charge >= 0.3 is 0 Å². The van der Waals surface area contributed by atoms with E-state index in [1.807, 2.05) is 12.1 Å². The number of hydrogen-bond donors (Lipinski definition) is 2. The molecule has 0 spiro atoms. The number of hydrogen-bond acceptors (Lipinski definition) is 1. The Kier molecular flexibility index (Phi) is 3.60. The fourth-order valence-corrected chi connectivity index (χ4v) is 3.37. The van der Waals surface area contributed by atoms with E-state index in [-0.39, 0.29) is 23.6 Å². The van der Waals surface area contributed by atoms with Gasteiger partial charge in [-0.25, -0.2) is 4.39 Å². The van der Waals surface area contributed by atoms with Crippen LogP contribution < -0.4 is 5.32 Å². The molecule has 0 bridgehead atoms. The molecular formula is C20H19FN2O. The lowest BCUT2D eigenvalue weighted by Gasteiger charge is -2.16. The van der Waals surface area contributed by atoms with E-state index in [0.717, 1.165) is 18.4 Å². The molecule has 122 valence electrons. The highest BCUT2D eigenvalue weighted by molar-refractivity contribution is 5.85. The zero-order valence-electron chi connectivity index (χ0n) is 13.3. The molecule has 0 radical (unpaired) electrons. The number of carbonyl (C=O) groups is 1. The molecule has 4 heteroatoms. The van der Waals surface area contributed by atoms with Crippen molar-refractivity contribution in [2.75, 3.05) is 6.54 Å². The van der Waals surface area contributed by atoms with Crippen LogP contribution in [0.1, 0.15) is 24.0 Å². The first-order chi connectivity index (χ1) is 11.7. The summed E-state index contributed by atoms with van der Waals surface area (Å²) in [6, 6.07) is 14.4. The lowest BCUT2D eigenvalue weighted by molar-refractivity contribution is -0.120. The molecule has 1 amide bonds. The monoisotopic (exact) mass is 322 g/mol. The molecule has 1 heterocycles. The van der Waals surface area contributed by atoms with E-state index in [0.29, 0.717) is 12.1 Å². The van der Waals surface area contributed by atoms with Crippen LogP contribution in [0.4, 0.5) is 4.39 Å². The van der Waals surface area contributed by atoms with Crippen LogP contribution in [0.5, 0.6) is 0 Å². The van der Waals surface area contributed by atoms with E-state index in [1.165, 1.54) is 23.1 Å². The van der Waals surface area contributed by atoms with Crippen LogP contribution >= 0.6 is 0 Å². The van der Waals surface area contributed by atoms with E-state index in [4.69, 9.17) is 0 Å². The number of benzene rings is 2. The zero-order valence-corrected chi connectivity index (χ0v) is 13.3. The molecule has 0 unspecified atom stereocenters. The van der Waals surface area contributed by atoms with Gasteiger partial charge in [-0.2, -0.15) is 0 Å². The van der Waals surface area contributed by atoms with Gasteiger partial charge in [-0.05, 0) is 42.2 Å². The minimum absolute atomic E-state index is 0.0389. The van der Waals surface area contributed by atoms with Crippen LogP contribution in [0.15, 0.2) is 54.7 Å². The summed E-state index contributed by atoms with van der Waals surface area (Å²) in [6.07, 6.45) is 4.43. The van der Waals surface area contributed by atoms with Crippen molar-refractivity contribution in [2.45, 2.75) is 24.7 Å². The quantitative estimate of drug-likeness (QED) is 0.739. The van der Waals surface area contributed by atoms with Crippen molar-refractivity contribution in [1.82, 2.24) is 10.3 Å². The normalized spacial score (nSPS) is 15.4. The van der Waals surface area contributed by atoms with Gasteiger partial charge in [0.2, 0.25) is 5.91 Å². The number of rotatable bonds is 5. The van der Waals surface area contributed by atoms with Crippen molar-refractivity contribution >= 4 is 16.8 Å². The molecule has 1 fully saturated rings. The first kappa shape index (κ1) is 14.9. The lowest BCUT2D eigenvalue weighted by atomic mass is 9.95. The summed E-state index contributed by atoms with van der Waals surface area (Å²) in [5, 5.41) is 4.26. The molecule has 0 aliphatic heterocycles. The number of amides is 1. The predicted molar refractivity (Wildman–Crippen MR) is 92.3 cm³/mol. The lowest BCUT2D eigenvalue weighted by Crippen LogP contribution is -2.33. The van der Waals surface area contributed by atoms with Crippen molar-refractivity contribution in [2.24, 2.45) is 0 Å². The Bertz CT molecular complexity index is 895. The summed E-state index contributed by atoms with van der Waals surface area (Å²) >= 11 is 0. The number of aromatic nitrogens is 1. The summed E-state index contributed by atoms with van der Waals surface area (Å²) < 4.78 is 13.2. The minimum Gasteiger partial charge on any atom is -0.361 e.